The number of hydrogen-bond donors (Lipinski definition) is 3. The minimum Gasteiger partial charge on any atom is -0.462 e. The fraction of sp³-hybridized carbons (Fsp3) is 0.529. The Morgan fingerprint density at radius 2 is 1.89 bits per heavy atom. The van der Waals surface area contributed by atoms with E-state index in [1.54, 1.807) is 12.1 Å². The van der Waals surface area contributed by atoms with Gasteiger partial charge in [-0.05, 0) is 38.8 Å². The summed E-state index contributed by atoms with van der Waals surface area (Å²) in [5.41, 5.74) is 11.5. The maximum atomic E-state index is 12.6. The Morgan fingerprint density at radius 1 is 1.22 bits per heavy atom. The van der Waals surface area contributed by atoms with Crippen molar-refractivity contribution in [1.29, 1.82) is 0 Å². The molecule has 1 aromatic carbocycles. The largest absolute Gasteiger partial charge is 0.462 e. The smallest absolute Gasteiger partial charge is 0.324 e. The summed E-state index contributed by atoms with van der Waals surface area (Å²) in [4.78, 5) is 16.2. The van der Waals surface area contributed by atoms with E-state index in [1.165, 1.54) is 12.1 Å². The average molecular weight is 401 g/mol. The number of nitrogens with two attached hydrogens (primary N) is 2. The van der Waals surface area contributed by atoms with E-state index in [1.807, 2.05) is 13.8 Å². The standard InChI is InChI=1S/C17H28N4O5S/c1-3-25-11-12-26-16(22)15(5-4-10-20-17(18)19)21-27(23,24)14-8-6-13(2)7-9-14/h6-9,15,21H,3-5,10-12H2,1-2H3,(H4,18,19,20)/t15-/m1/s1. The molecule has 0 amide bonds. The van der Waals surface area contributed by atoms with Crippen LogP contribution >= 0.6 is 0 Å². The Kier molecular flexibility index (Phi) is 9.76. The van der Waals surface area contributed by atoms with Crippen molar-refractivity contribution in [3.63, 3.8) is 0 Å². The quantitative estimate of drug-likeness (QED) is 0.198. The van der Waals surface area contributed by atoms with Gasteiger partial charge in [-0.25, -0.2) is 8.42 Å². The van der Waals surface area contributed by atoms with Gasteiger partial charge in [-0.2, -0.15) is 4.72 Å². The average Bonchev–Trinajstić information content (AvgIpc) is 2.61. The Morgan fingerprint density at radius 3 is 2.48 bits per heavy atom. The molecule has 0 fully saturated rings. The summed E-state index contributed by atoms with van der Waals surface area (Å²) in [5, 5.41) is 0. The van der Waals surface area contributed by atoms with E-state index in [2.05, 4.69) is 9.71 Å². The van der Waals surface area contributed by atoms with Crippen LogP contribution < -0.4 is 16.2 Å². The summed E-state index contributed by atoms with van der Waals surface area (Å²) in [6.45, 7) is 4.74. The molecule has 9 nitrogen and oxygen atoms in total. The topological polar surface area (TPSA) is 146 Å². The molecule has 0 spiro atoms. The number of guanidine groups is 1. The van der Waals surface area contributed by atoms with E-state index in [0.717, 1.165) is 5.56 Å². The molecule has 1 aromatic rings. The van der Waals surface area contributed by atoms with Gasteiger partial charge in [0, 0.05) is 13.2 Å². The molecule has 1 atom stereocenters. The number of carbonyl (C=O) groups excluding carboxylic acids is 1. The zero-order valence-corrected chi connectivity index (χ0v) is 16.5. The number of carbonyl (C=O) groups is 1. The molecule has 0 aliphatic carbocycles. The van der Waals surface area contributed by atoms with Crippen molar-refractivity contribution in [2.75, 3.05) is 26.4 Å². The van der Waals surface area contributed by atoms with Gasteiger partial charge < -0.3 is 20.9 Å². The minimum absolute atomic E-state index is 0.0450. The van der Waals surface area contributed by atoms with Crippen LogP contribution in [0.3, 0.4) is 0 Å². The van der Waals surface area contributed by atoms with Gasteiger partial charge in [0.1, 0.15) is 12.6 Å². The van der Waals surface area contributed by atoms with Crippen LogP contribution in [0.25, 0.3) is 0 Å². The van der Waals surface area contributed by atoms with Crippen LogP contribution in [-0.2, 0) is 24.3 Å². The van der Waals surface area contributed by atoms with Crippen LogP contribution in [0.1, 0.15) is 25.3 Å². The van der Waals surface area contributed by atoms with Gasteiger partial charge in [-0.3, -0.25) is 9.79 Å². The fourth-order valence-corrected chi connectivity index (χ4v) is 3.37. The Balaban J connectivity index is 2.80. The summed E-state index contributed by atoms with van der Waals surface area (Å²) in [7, 11) is -3.88. The maximum absolute atomic E-state index is 12.6. The van der Waals surface area contributed by atoms with Crippen molar-refractivity contribution in [3.8, 4) is 0 Å². The zero-order valence-electron chi connectivity index (χ0n) is 15.7. The lowest BCUT2D eigenvalue weighted by Gasteiger charge is -2.17. The van der Waals surface area contributed by atoms with Crippen molar-refractivity contribution < 1.29 is 22.7 Å². The molecule has 0 radical (unpaired) electrons. The molecule has 0 aromatic heterocycles. The predicted octanol–water partition coefficient (Wildman–Crippen LogP) is 0.275. The molecular formula is C17H28N4O5S. The van der Waals surface area contributed by atoms with Crippen LogP contribution in [0.15, 0.2) is 34.2 Å². The number of esters is 1. The van der Waals surface area contributed by atoms with Gasteiger partial charge >= 0.3 is 5.97 Å². The number of hydrogen-bond acceptors (Lipinski definition) is 6. The zero-order chi connectivity index (χ0) is 20.3. The van der Waals surface area contributed by atoms with Gasteiger partial charge in [-0.15, -0.1) is 0 Å². The molecule has 0 aliphatic rings. The first-order valence-electron chi connectivity index (χ1n) is 8.65. The predicted molar refractivity (Wildman–Crippen MR) is 103 cm³/mol. The van der Waals surface area contributed by atoms with Gasteiger partial charge in [0.25, 0.3) is 0 Å². The molecule has 0 saturated heterocycles. The van der Waals surface area contributed by atoms with E-state index in [4.69, 9.17) is 20.9 Å². The second-order valence-electron chi connectivity index (χ2n) is 5.80. The number of nitrogens with one attached hydrogen (secondary N) is 1. The van der Waals surface area contributed by atoms with Gasteiger partial charge in [0.2, 0.25) is 10.0 Å². The lowest BCUT2D eigenvalue weighted by molar-refractivity contribution is -0.147. The first-order valence-corrected chi connectivity index (χ1v) is 10.1. The molecule has 0 unspecified atom stereocenters. The van der Waals surface area contributed by atoms with Gasteiger partial charge in [0.15, 0.2) is 5.96 Å². The van der Waals surface area contributed by atoms with E-state index in [-0.39, 0.29) is 37.0 Å². The minimum atomic E-state index is -3.88. The third kappa shape index (κ3) is 8.85. The van der Waals surface area contributed by atoms with E-state index >= 15 is 0 Å². The SMILES string of the molecule is CCOCCOC(=O)[C@@H](CCCN=C(N)N)NS(=O)(=O)c1ccc(C)cc1. The third-order valence-corrected chi connectivity index (χ3v) is 5.02. The molecule has 0 bridgehead atoms. The van der Waals surface area contributed by atoms with Gasteiger partial charge in [0.05, 0.1) is 11.5 Å². The van der Waals surface area contributed by atoms with E-state index in [0.29, 0.717) is 13.0 Å². The number of sulfonamides is 1. The molecule has 0 saturated carbocycles. The van der Waals surface area contributed by atoms with Crippen LogP contribution in [0.4, 0.5) is 0 Å². The lowest BCUT2D eigenvalue weighted by atomic mass is 10.2. The normalized spacial score (nSPS) is 12.4. The molecule has 5 N–H and O–H groups in total. The molecule has 152 valence electrons. The van der Waals surface area contributed by atoms with E-state index < -0.39 is 22.0 Å². The second kappa shape index (κ2) is 11.5. The summed E-state index contributed by atoms with van der Waals surface area (Å²) in [5.74, 6) is -0.735. The number of ether oxygens (including phenoxy) is 2. The van der Waals surface area contributed by atoms with Crippen molar-refractivity contribution in [1.82, 2.24) is 4.72 Å². The molecule has 0 heterocycles. The van der Waals surface area contributed by atoms with Crippen LogP contribution in [0.5, 0.6) is 0 Å². The van der Waals surface area contributed by atoms with Crippen molar-refractivity contribution in [3.05, 3.63) is 29.8 Å². The molecule has 0 aliphatic heterocycles. The Labute approximate surface area is 160 Å². The van der Waals surface area contributed by atoms with Crippen LogP contribution in [-0.4, -0.2) is 52.8 Å². The summed E-state index contributed by atoms with van der Waals surface area (Å²) >= 11 is 0. The molecule has 10 heteroatoms. The van der Waals surface area contributed by atoms with Crippen molar-refractivity contribution in [2.45, 2.75) is 37.6 Å². The van der Waals surface area contributed by atoms with Gasteiger partial charge in [-0.1, -0.05) is 17.7 Å². The second-order valence-corrected chi connectivity index (χ2v) is 7.51. The molecule has 27 heavy (non-hydrogen) atoms. The first kappa shape index (κ1) is 22.9. The summed E-state index contributed by atoms with van der Waals surface area (Å²) < 4.78 is 37.8. The number of nitrogens with zero attached hydrogens (tertiary/aromatic N) is 1. The highest BCUT2D eigenvalue weighted by Gasteiger charge is 2.26. The highest BCUT2D eigenvalue weighted by Crippen LogP contribution is 2.12. The molecule has 1 rings (SSSR count). The number of benzene rings is 1. The highest BCUT2D eigenvalue weighted by atomic mass is 32.2. The number of aryl methyl sites for hydroxylation is 1. The van der Waals surface area contributed by atoms with Crippen molar-refractivity contribution in [2.24, 2.45) is 16.5 Å². The van der Waals surface area contributed by atoms with Crippen LogP contribution in [0, 0.1) is 6.92 Å². The first-order chi connectivity index (χ1) is 12.8. The van der Waals surface area contributed by atoms with Crippen molar-refractivity contribution >= 4 is 22.0 Å². The third-order valence-electron chi connectivity index (χ3n) is 3.53. The number of rotatable bonds is 12. The maximum Gasteiger partial charge on any atom is 0.324 e. The number of aliphatic imine (C=N–C) groups is 1. The highest BCUT2D eigenvalue weighted by molar-refractivity contribution is 7.89. The summed E-state index contributed by atoms with van der Waals surface area (Å²) in [6.07, 6.45) is 0.592. The Hall–Kier alpha value is -2.17. The Bertz CT molecular complexity index is 715. The van der Waals surface area contributed by atoms with Crippen LogP contribution in [0.2, 0.25) is 0 Å². The summed E-state index contributed by atoms with van der Waals surface area (Å²) in [6, 6.07) is 5.28. The molecular weight excluding hydrogens is 372 g/mol. The monoisotopic (exact) mass is 400 g/mol. The van der Waals surface area contributed by atoms with E-state index in [9.17, 15) is 13.2 Å². The fourth-order valence-electron chi connectivity index (χ4n) is 2.15. The lowest BCUT2D eigenvalue weighted by Crippen LogP contribution is -2.42.